The number of rotatable bonds is 4. The number of benzene rings is 2. The van der Waals surface area contributed by atoms with Gasteiger partial charge in [0.25, 0.3) is 11.6 Å². The summed E-state index contributed by atoms with van der Waals surface area (Å²) in [6.45, 7) is 4.36. The van der Waals surface area contributed by atoms with Crippen LogP contribution in [0.1, 0.15) is 23.8 Å². The summed E-state index contributed by atoms with van der Waals surface area (Å²) in [5.41, 5.74) is 2.43. The summed E-state index contributed by atoms with van der Waals surface area (Å²) in [5.74, 6) is 0.374. The quantitative estimate of drug-likeness (QED) is 0.537. The molecule has 1 saturated heterocycles. The van der Waals surface area contributed by atoms with Gasteiger partial charge in [-0.25, -0.2) is 0 Å². The first-order valence-electron chi connectivity index (χ1n) is 8.94. The van der Waals surface area contributed by atoms with E-state index in [4.69, 9.17) is 0 Å². The molecule has 1 atom stereocenters. The van der Waals surface area contributed by atoms with Gasteiger partial charge in [-0.15, -0.1) is 0 Å². The van der Waals surface area contributed by atoms with Crippen LogP contribution in [0.5, 0.6) is 0 Å². The lowest BCUT2D eigenvalue weighted by Gasteiger charge is -2.18. The second-order valence-electron chi connectivity index (χ2n) is 7.02. The fourth-order valence-corrected chi connectivity index (χ4v) is 3.54. The molecule has 1 aliphatic rings. The molecule has 1 unspecified atom stereocenters. The molecule has 7 nitrogen and oxygen atoms in total. The maximum absolute atomic E-state index is 12.5. The van der Waals surface area contributed by atoms with Crippen molar-refractivity contribution in [3.8, 4) is 0 Å². The van der Waals surface area contributed by atoms with E-state index in [2.05, 4.69) is 22.1 Å². The minimum Gasteiger partial charge on any atom is -0.371 e. The number of aromatic nitrogens is 1. The Morgan fingerprint density at radius 3 is 2.70 bits per heavy atom. The Hall–Kier alpha value is -3.35. The highest BCUT2D eigenvalue weighted by atomic mass is 16.6. The van der Waals surface area contributed by atoms with Crippen molar-refractivity contribution in [2.75, 3.05) is 23.3 Å². The van der Waals surface area contributed by atoms with E-state index in [-0.39, 0.29) is 17.3 Å². The zero-order chi connectivity index (χ0) is 19.0. The molecule has 1 fully saturated rings. The van der Waals surface area contributed by atoms with Crippen molar-refractivity contribution in [1.29, 1.82) is 0 Å². The topological polar surface area (TPSA) is 91.3 Å². The Balaban J connectivity index is 1.51. The molecule has 0 aliphatic carbocycles. The number of carbonyl (C=O) groups is 1. The maximum Gasteiger partial charge on any atom is 0.293 e. The van der Waals surface area contributed by atoms with E-state index in [1.807, 2.05) is 24.3 Å². The van der Waals surface area contributed by atoms with Gasteiger partial charge in [0, 0.05) is 35.9 Å². The number of hydrogen-bond donors (Lipinski definition) is 2. The van der Waals surface area contributed by atoms with Crippen molar-refractivity contribution in [3.05, 3.63) is 64.3 Å². The third-order valence-corrected chi connectivity index (χ3v) is 4.99. The number of fused-ring (bicyclic) bond motifs is 1. The molecular weight excluding hydrogens is 344 g/mol. The molecular formula is C20H20N4O3. The molecule has 27 heavy (non-hydrogen) atoms. The number of nitro benzene ring substituents is 1. The van der Waals surface area contributed by atoms with Gasteiger partial charge in [-0.1, -0.05) is 19.1 Å². The standard InChI is InChI=1S/C20H20N4O3/c1-13-9-10-23(12-13)16-7-5-15(6-8-16)21-20(25)17-11-14-3-2-4-18(24(26)27)19(14)22-17/h2-8,11,13,22H,9-10,12H2,1H3,(H,21,25). The van der Waals surface area contributed by atoms with E-state index in [0.717, 1.165) is 18.8 Å². The molecule has 0 bridgehead atoms. The van der Waals surface area contributed by atoms with Crippen LogP contribution in [0.3, 0.4) is 0 Å². The number of carbonyl (C=O) groups excluding carboxylic acids is 1. The van der Waals surface area contributed by atoms with E-state index in [9.17, 15) is 14.9 Å². The highest BCUT2D eigenvalue weighted by Crippen LogP contribution is 2.27. The third kappa shape index (κ3) is 3.36. The summed E-state index contributed by atoms with van der Waals surface area (Å²) >= 11 is 0. The number of nitro groups is 1. The lowest BCUT2D eigenvalue weighted by atomic mass is 10.2. The van der Waals surface area contributed by atoms with Crippen LogP contribution in [0.4, 0.5) is 17.1 Å². The molecule has 0 saturated carbocycles. The number of aromatic amines is 1. The molecule has 2 N–H and O–H groups in total. The average molecular weight is 364 g/mol. The van der Waals surface area contributed by atoms with Gasteiger partial charge in [0.1, 0.15) is 11.2 Å². The largest absolute Gasteiger partial charge is 0.371 e. The zero-order valence-electron chi connectivity index (χ0n) is 14.9. The summed E-state index contributed by atoms with van der Waals surface area (Å²) < 4.78 is 0. The summed E-state index contributed by atoms with van der Waals surface area (Å²) in [5, 5.41) is 14.6. The second kappa shape index (κ2) is 6.75. The van der Waals surface area contributed by atoms with E-state index in [0.29, 0.717) is 22.5 Å². The lowest BCUT2D eigenvalue weighted by Crippen LogP contribution is -2.19. The SMILES string of the molecule is CC1CCN(c2ccc(NC(=O)c3cc4cccc([N+](=O)[O-])c4[nH]3)cc2)C1. The molecule has 1 aliphatic heterocycles. The summed E-state index contributed by atoms with van der Waals surface area (Å²) in [4.78, 5) is 28.4. The van der Waals surface area contributed by atoms with Crippen molar-refractivity contribution in [2.45, 2.75) is 13.3 Å². The van der Waals surface area contributed by atoms with Crippen LogP contribution in [-0.2, 0) is 0 Å². The highest BCUT2D eigenvalue weighted by Gasteiger charge is 2.19. The van der Waals surface area contributed by atoms with Crippen LogP contribution in [0.2, 0.25) is 0 Å². The van der Waals surface area contributed by atoms with Crippen molar-refractivity contribution >= 4 is 33.9 Å². The number of non-ortho nitro benzene ring substituents is 1. The zero-order valence-corrected chi connectivity index (χ0v) is 14.9. The maximum atomic E-state index is 12.5. The van der Waals surface area contributed by atoms with Crippen molar-refractivity contribution in [1.82, 2.24) is 4.98 Å². The highest BCUT2D eigenvalue weighted by molar-refractivity contribution is 6.06. The predicted molar refractivity (Wildman–Crippen MR) is 105 cm³/mol. The van der Waals surface area contributed by atoms with Crippen molar-refractivity contribution < 1.29 is 9.72 Å². The lowest BCUT2D eigenvalue weighted by molar-refractivity contribution is -0.383. The number of H-pyrrole nitrogens is 1. The van der Waals surface area contributed by atoms with E-state index < -0.39 is 4.92 Å². The number of nitrogens with one attached hydrogen (secondary N) is 2. The van der Waals surface area contributed by atoms with Gasteiger partial charge in [-0.3, -0.25) is 14.9 Å². The van der Waals surface area contributed by atoms with Gasteiger partial charge in [0.05, 0.1) is 4.92 Å². The Morgan fingerprint density at radius 2 is 2.04 bits per heavy atom. The smallest absolute Gasteiger partial charge is 0.293 e. The first-order chi connectivity index (χ1) is 13.0. The van der Waals surface area contributed by atoms with Crippen LogP contribution >= 0.6 is 0 Å². The Morgan fingerprint density at radius 1 is 1.26 bits per heavy atom. The van der Waals surface area contributed by atoms with Gasteiger partial charge in [0.2, 0.25) is 0 Å². The molecule has 0 radical (unpaired) electrons. The van der Waals surface area contributed by atoms with Crippen LogP contribution in [0.15, 0.2) is 48.5 Å². The minimum atomic E-state index is -0.460. The van der Waals surface area contributed by atoms with Crippen LogP contribution in [-0.4, -0.2) is 28.9 Å². The van der Waals surface area contributed by atoms with Gasteiger partial charge in [-0.05, 0) is 42.7 Å². The van der Waals surface area contributed by atoms with E-state index in [1.165, 1.54) is 12.5 Å². The van der Waals surface area contributed by atoms with Crippen molar-refractivity contribution in [2.24, 2.45) is 5.92 Å². The minimum absolute atomic E-state index is 0.0456. The number of para-hydroxylation sites is 1. The van der Waals surface area contributed by atoms with Gasteiger partial charge < -0.3 is 15.2 Å². The molecule has 138 valence electrons. The first-order valence-corrected chi connectivity index (χ1v) is 8.94. The van der Waals surface area contributed by atoms with E-state index >= 15 is 0 Å². The third-order valence-electron chi connectivity index (χ3n) is 4.99. The summed E-state index contributed by atoms with van der Waals surface area (Å²) in [6.07, 6.45) is 1.20. The van der Waals surface area contributed by atoms with Crippen LogP contribution in [0, 0.1) is 16.0 Å². The Labute approximate surface area is 156 Å². The number of anilines is 2. The molecule has 2 heterocycles. The molecule has 4 rings (SSSR count). The Bertz CT molecular complexity index is 1010. The fourth-order valence-electron chi connectivity index (χ4n) is 3.54. The van der Waals surface area contributed by atoms with Gasteiger partial charge in [0.15, 0.2) is 0 Å². The summed E-state index contributed by atoms with van der Waals surface area (Å²) in [7, 11) is 0. The second-order valence-corrected chi connectivity index (χ2v) is 7.02. The molecule has 7 heteroatoms. The van der Waals surface area contributed by atoms with Gasteiger partial charge >= 0.3 is 0 Å². The fraction of sp³-hybridized carbons (Fsp3) is 0.250. The summed E-state index contributed by atoms with van der Waals surface area (Å²) in [6, 6.07) is 14.1. The predicted octanol–water partition coefficient (Wildman–Crippen LogP) is 4.17. The van der Waals surface area contributed by atoms with Crippen molar-refractivity contribution in [3.63, 3.8) is 0 Å². The molecule has 2 aromatic carbocycles. The monoisotopic (exact) mass is 364 g/mol. The number of amides is 1. The van der Waals surface area contributed by atoms with Gasteiger partial charge in [-0.2, -0.15) is 0 Å². The average Bonchev–Trinajstić information content (AvgIpc) is 3.28. The molecule has 1 amide bonds. The normalized spacial score (nSPS) is 16.6. The number of hydrogen-bond acceptors (Lipinski definition) is 4. The molecule has 1 aromatic heterocycles. The van der Waals surface area contributed by atoms with Crippen LogP contribution in [0.25, 0.3) is 10.9 Å². The number of nitrogens with zero attached hydrogens (tertiary/aromatic N) is 2. The van der Waals surface area contributed by atoms with E-state index in [1.54, 1.807) is 18.2 Å². The first kappa shape index (κ1) is 17.1. The molecule has 3 aromatic rings. The Kier molecular flexibility index (Phi) is 4.27. The van der Waals surface area contributed by atoms with Crippen LogP contribution < -0.4 is 10.2 Å². The molecule has 0 spiro atoms.